The lowest BCUT2D eigenvalue weighted by molar-refractivity contribution is 0.102. The summed E-state index contributed by atoms with van der Waals surface area (Å²) in [6, 6.07) is 18.8. The number of hydrogen-bond donors (Lipinski definition) is 1. The number of carbonyl (C=O) groups is 1. The summed E-state index contributed by atoms with van der Waals surface area (Å²) >= 11 is 0. The van der Waals surface area contributed by atoms with E-state index in [0.29, 0.717) is 29.5 Å². The van der Waals surface area contributed by atoms with Crippen LogP contribution >= 0.6 is 0 Å². The fourth-order valence-corrected chi connectivity index (χ4v) is 3.63. The number of hydrogen-bond acceptors (Lipinski definition) is 7. The van der Waals surface area contributed by atoms with Crippen LogP contribution in [0.25, 0.3) is 22.6 Å². The summed E-state index contributed by atoms with van der Waals surface area (Å²) in [5.41, 5.74) is 4.99. The zero-order valence-electron chi connectivity index (χ0n) is 20.2. The Labute approximate surface area is 204 Å². The second-order valence-corrected chi connectivity index (χ2v) is 8.32. The Morgan fingerprint density at radius 1 is 1.03 bits per heavy atom. The number of amides is 1. The summed E-state index contributed by atoms with van der Waals surface area (Å²) in [4.78, 5) is 15.2. The first kappa shape index (κ1) is 24.0. The van der Waals surface area contributed by atoms with Gasteiger partial charge >= 0.3 is 0 Å². The van der Waals surface area contributed by atoms with Crippen LogP contribution in [0.3, 0.4) is 0 Å². The first-order valence-electron chi connectivity index (χ1n) is 11.2. The lowest BCUT2D eigenvalue weighted by atomic mass is 9.97. The van der Waals surface area contributed by atoms with Gasteiger partial charge in [0.15, 0.2) is 0 Å². The number of ether oxygens (including phenoxy) is 2. The molecule has 0 fully saturated rings. The summed E-state index contributed by atoms with van der Waals surface area (Å²) in [5.74, 6) is 1.47. The van der Waals surface area contributed by atoms with Crippen molar-refractivity contribution in [1.82, 2.24) is 15.1 Å². The quantitative estimate of drug-likeness (QED) is 0.370. The molecule has 8 heteroatoms. The van der Waals surface area contributed by atoms with Crippen LogP contribution in [0.5, 0.6) is 11.5 Å². The molecule has 0 aliphatic heterocycles. The smallest absolute Gasteiger partial charge is 0.259 e. The molecule has 35 heavy (non-hydrogen) atoms. The summed E-state index contributed by atoms with van der Waals surface area (Å²) in [6.07, 6.45) is 1.31. The zero-order valence-corrected chi connectivity index (χ0v) is 20.2. The van der Waals surface area contributed by atoms with E-state index in [9.17, 15) is 4.79 Å². The highest BCUT2D eigenvalue weighted by atomic mass is 16.5. The van der Waals surface area contributed by atoms with Crippen LogP contribution in [0.4, 0.5) is 5.69 Å². The molecule has 8 nitrogen and oxygen atoms in total. The molecule has 0 saturated heterocycles. The molecule has 1 aromatic heterocycles. The number of methoxy groups -OCH3 is 1. The van der Waals surface area contributed by atoms with E-state index in [0.717, 1.165) is 34.5 Å². The molecule has 0 aliphatic carbocycles. The van der Waals surface area contributed by atoms with Crippen LogP contribution in [0, 0.1) is 6.92 Å². The Morgan fingerprint density at radius 2 is 1.80 bits per heavy atom. The standard InChI is InChI=1S/C27H28N4O4/c1-18-15-20(27-30-28-17-35-27)6-11-23(18)19-5-12-24(25(16-19)34-14-13-31(2)3)26(32)29-21-7-9-22(33-4)10-8-21/h5-12,15-17H,13-14H2,1-4H3,(H,29,32). The maximum Gasteiger partial charge on any atom is 0.259 e. The number of benzene rings is 3. The summed E-state index contributed by atoms with van der Waals surface area (Å²) in [6.45, 7) is 3.20. The Hall–Kier alpha value is -4.17. The number of anilines is 1. The topological polar surface area (TPSA) is 89.7 Å². The molecule has 4 rings (SSSR count). The lowest BCUT2D eigenvalue weighted by Crippen LogP contribution is -2.21. The molecule has 0 aliphatic rings. The SMILES string of the molecule is COc1ccc(NC(=O)c2ccc(-c3ccc(-c4nnco4)cc3C)cc2OCCN(C)C)cc1. The molecule has 1 N–H and O–H groups in total. The summed E-state index contributed by atoms with van der Waals surface area (Å²) < 4.78 is 16.6. The van der Waals surface area contributed by atoms with Crippen molar-refractivity contribution in [2.75, 3.05) is 39.7 Å². The molecular formula is C27H28N4O4. The van der Waals surface area contributed by atoms with E-state index in [1.807, 2.05) is 56.3 Å². The maximum absolute atomic E-state index is 13.1. The molecule has 0 spiro atoms. The van der Waals surface area contributed by atoms with Gasteiger partial charge in [0.2, 0.25) is 12.3 Å². The molecular weight excluding hydrogens is 444 g/mol. The van der Waals surface area contributed by atoms with Crippen LogP contribution in [0.15, 0.2) is 71.5 Å². The third-order valence-electron chi connectivity index (χ3n) is 5.51. The first-order chi connectivity index (χ1) is 16.9. The Bertz CT molecular complexity index is 1290. The Kier molecular flexibility index (Phi) is 7.42. The van der Waals surface area contributed by atoms with Gasteiger partial charge < -0.3 is 24.1 Å². The van der Waals surface area contributed by atoms with Crippen LogP contribution in [-0.4, -0.2) is 55.4 Å². The lowest BCUT2D eigenvalue weighted by Gasteiger charge is -2.16. The molecule has 180 valence electrons. The monoisotopic (exact) mass is 472 g/mol. The number of carbonyl (C=O) groups excluding carboxylic acids is 1. The highest BCUT2D eigenvalue weighted by Crippen LogP contribution is 2.32. The molecule has 0 saturated carbocycles. The minimum absolute atomic E-state index is 0.245. The number of nitrogens with one attached hydrogen (secondary N) is 1. The Balaban J connectivity index is 1.62. The van der Waals surface area contributed by atoms with E-state index >= 15 is 0 Å². The van der Waals surface area contributed by atoms with Gasteiger partial charge in [-0.05, 0) is 86.2 Å². The molecule has 0 bridgehead atoms. The van der Waals surface area contributed by atoms with Gasteiger partial charge in [0.25, 0.3) is 5.91 Å². The second-order valence-electron chi connectivity index (χ2n) is 8.32. The van der Waals surface area contributed by atoms with Crippen molar-refractivity contribution in [3.05, 3.63) is 78.2 Å². The van der Waals surface area contributed by atoms with Crippen molar-refractivity contribution in [2.24, 2.45) is 0 Å². The number of nitrogens with zero attached hydrogens (tertiary/aromatic N) is 3. The minimum atomic E-state index is -0.245. The van der Waals surface area contributed by atoms with E-state index in [1.54, 1.807) is 37.4 Å². The molecule has 0 unspecified atom stereocenters. The first-order valence-corrected chi connectivity index (χ1v) is 11.2. The van der Waals surface area contributed by atoms with Gasteiger partial charge in [0, 0.05) is 17.8 Å². The Morgan fingerprint density at radius 3 is 2.46 bits per heavy atom. The fraction of sp³-hybridized carbons (Fsp3) is 0.222. The third-order valence-corrected chi connectivity index (χ3v) is 5.51. The number of likely N-dealkylation sites (N-methyl/N-ethyl adjacent to an activating group) is 1. The van der Waals surface area contributed by atoms with Gasteiger partial charge in [-0.1, -0.05) is 12.1 Å². The van der Waals surface area contributed by atoms with Crippen molar-refractivity contribution in [2.45, 2.75) is 6.92 Å². The molecule has 0 atom stereocenters. The second kappa shape index (κ2) is 10.8. The highest BCUT2D eigenvalue weighted by Gasteiger charge is 2.16. The highest BCUT2D eigenvalue weighted by molar-refractivity contribution is 6.06. The van der Waals surface area contributed by atoms with Crippen LogP contribution < -0.4 is 14.8 Å². The van der Waals surface area contributed by atoms with Gasteiger partial charge in [-0.25, -0.2) is 0 Å². The minimum Gasteiger partial charge on any atom is -0.497 e. The van der Waals surface area contributed by atoms with Gasteiger partial charge in [-0.2, -0.15) is 0 Å². The molecule has 1 amide bonds. The van der Waals surface area contributed by atoms with Crippen molar-refractivity contribution in [1.29, 1.82) is 0 Å². The van der Waals surface area contributed by atoms with Crippen LogP contribution in [0.2, 0.25) is 0 Å². The molecule has 0 radical (unpaired) electrons. The summed E-state index contributed by atoms with van der Waals surface area (Å²) in [7, 11) is 5.56. The largest absolute Gasteiger partial charge is 0.497 e. The van der Waals surface area contributed by atoms with E-state index < -0.39 is 0 Å². The molecule has 3 aromatic carbocycles. The number of aromatic nitrogens is 2. The van der Waals surface area contributed by atoms with Crippen molar-refractivity contribution in [3.63, 3.8) is 0 Å². The van der Waals surface area contributed by atoms with Crippen molar-refractivity contribution in [3.8, 4) is 34.1 Å². The van der Waals surface area contributed by atoms with Crippen LogP contribution in [-0.2, 0) is 0 Å². The third kappa shape index (κ3) is 5.85. The maximum atomic E-state index is 13.1. The van der Waals surface area contributed by atoms with E-state index in [2.05, 4.69) is 15.5 Å². The van der Waals surface area contributed by atoms with Gasteiger partial charge in [0.05, 0.1) is 12.7 Å². The van der Waals surface area contributed by atoms with E-state index in [1.165, 1.54) is 6.39 Å². The average molecular weight is 473 g/mol. The van der Waals surface area contributed by atoms with Gasteiger partial charge in [-0.15, -0.1) is 10.2 Å². The molecule has 4 aromatic rings. The fourth-order valence-electron chi connectivity index (χ4n) is 3.63. The predicted molar refractivity (Wildman–Crippen MR) is 135 cm³/mol. The van der Waals surface area contributed by atoms with Crippen molar-refractivity contribution >= 4 is 11.6 Å². The van der Waals surface area contributed by atoms with E-state index in [4.69, 9.17) is 13.9 Å². The van der Waals surface area contributed by atoms with Gasteiger partial charge in [0.1, 0.15) is 18.1 Å². The van der Waals surface area contributed by atoms with Crippen molar-refractivity contribution < 1.29 is 18.7 Å². The number of aryl methyl sites for hydroxylation is 1. The predicted octanol–water partition coefficient (Wildman–Crippen LogP) is 4.91. The van der Waals surface area contributed by atoms with E-state index in [-0.39, 0.29) is 5.91 Å². The summed E-state index contributed by atoms with van der Waals surface area (Å²) in [5, 5.41) is 10.7. The van der Waals surface area contributed by atoms with Crippen LogP contribution in [0.1, 0.15) is 15.9 Å². The average Bonchev–Trinajstić information content (AvgIpc) is 3.39. The number of rotatable bonds is 9. The normalized spacial score (nSPS) is 10.9. The zero-order chi connectivity index (χ0) is 24.8. The molecule has 1 heterocycles. The van der Waals surface area contributed by atoms with Gasteiger partial charge in [-0.3, -0.25) is 4.79 Å².